The molecule has 0 atom stereocenters. The van der Waals surface area contributed by atoms with Crippen molar-refractivity contribution in [3.05, 3.63) is 223 Å². The molecule has 10 aromatic heterocycles. The molecule has 0 fully saturated rings. The van der Waals surface area contributed by atoms with Crippen molar-refractivity contribution < 1.29 is 0 Å². The van der Waals surface area contributed by atoms with Crippen molar-refractivity contribution in [3.8, 4) is 0 Å². The quantitative estimate of drug-likeness (QED) is 0.221. The molecule has 0 spiro atoms. The minimum atomic E-state index is -0.157. The number of pyridine rings is 3. The maximum Gasteiger partial charge on any atom is 0.274 e. The van der Waals surface area contributed by atoms with Crippen LogP contribution in [0.15, 0.2) is 195 Å². The van der Waals surface area contributed by atoms with Gasteiger partial charge in [0.15, 0.2) is 5.65 Å². The first kappa shape index (κ1) is 36.5. The van der Waals surface area contributed by atoms with E-state index in [2.05, 4.69) is 35.0 Å². The Balaban J connectivity index is 0.000000117. The topological polar surface area (TPSA) is 198 Å². The minimum Gasteiger partial charge on any atom is -0.281 e. The Kier molecular flexibility index (Phi) is 11.8. The number of aromatic nitrogens is 12. The standard InChI is InChI=1S/3C8H6N2O.2C7H5N3O/c11-8-4-1-3-7-9-5-2-6-10(7)8;11-8-3-1-2-7-6-9-4-5-10(7)8;11-8-4-5-9-7-3-1-2-6-10(7)8;11-6-2-4-9-7-8-3-1-5-10(6)7;11-7-3-5-8-6-2-1-4-9-10(6)7/h3*1-6H;2*1-5H. The molecule has 0 amide bonds. The van der Waals surface area contributed by atoms with Gasteiger partial charge in [-0.15, -0.1) is 0 Å². The van der Waals surface area contributed by atoms with Crippen molar-refractivity contribution in [2.75, 3.05) is 0 Å². The predicted octanol–water partition coefficient (Wildman–Crippen LogP) is 2.26. The molecule has 0 aliphatic rings. The van der Waals surface area contributed by atoms with Gasteiger partial charge in [0.1, 0.15) is 11.3 Å². The van der Waals surface area contributed by atoms with Gasteiger partial charge in [-0.2, -0.15) is 9.61 Å². The second-order valence-corrected chi connectivity index (χ2v) is 10.8. The first-order chi connectivity index (χ1) is 26.9. The summed E-state index contributed by atoms with van der Waals surface area (Å²) in [6, 6.07) is 26.6. The molecule has 17 nitrogen and oxygen atoms in total. The zero-order chi connectivity index (χ0) is 38.4. The molecule has 0 aliphatic carbocycles. The zero-order valence-corrected chi connectivity index (χ0v) is 28.6. The molecule has 0 radical (unpaired) electrons. The van der Waals surface area contributed by atoms with E-state index < -0.39 is 0 Å². The molecule has 0 aliphatic heterocycles. The number of rotatable bonds is 0. The van der Waals surface area contributed by atoms with E-state index in [1.165, 1.54) is 66.6 Å². The highest BCUT2D eigenvalue weighted by atomic mass is 16.1. The van der Waals surface area contributed by atoms with Crippen molar-refractivity contribution in [2.45, 2.75) is 0 Å². The van der Waals surface area contributed by atoms with E-state index in [-0.39, 0.29) is 27.8 Å². The van der Waals surface area contributed by atoms with Gasteiger partial charge in [-0.05, 0) is 48.5 Å². The molecule has 10 aromatic rings. The Labute approximate surface area is 308 Å². The van der Waals surface area contributed by atoms with Gasteiger partial charge in [0.05, 0.1) is 11.7 Å². The summed E-state index contributed by atoms with van der Waals surface area (Å²) in [6.07, 6.45) is 19.2. The molecule has 17 heteroatoms. The highest BCUT2D eigenvalue weighted by molar-refractivity contribution is 5.43. The lowest BCUT2D eigenvalue weighted by molar-refractivity contribution is 0.866. The van der Waals surface area contributed by atoms with Crippen LogP contribution in [0.2, 0.25) is 0 Å². The maximum atomic E-state index is 11.1. The molecule has 0 saturated carbocycles. The highest BCUT2D eigenvalue weighted by Crippen LogP contribution is 1.95. The average Bonchev–Trinajstić information content (AvgIpc) is 3.23. The van der Waals surface area contributed by atoms with E-state index in [1.54, 1.807) is 115 Å². The molecule has 55 heavy (non-hydrogen) atoms. The summed E-state index contributed by atoms with van der Waals surface area (Å²) in [7, 11) is 0. The van der Waals surface area contributed by atoms with Crippen LogP contribution in [-0.4, -0.2) is 57.1 Å². The van der Waals surface area contributed by atoms with Crippen molar-refractivity contribution in [1.82, 2.24) is 57.1 Å². The van der Waals surface area contributed by atoms with Crippen LogP contribution in [0, 0.1) is 0 Å². The van der Waals surface area contributed by atoms with Crippen LogP contribution < -0.4 is 27.8 Å². The molecule has 10 rings (SSSR count). The van der Waals surface area contributed by atoms with Crippen molar-refractivity contribution in [1.29, 1.82) is 0 Å². The Morgan fingerprint density at radius 3 is 1.64 bits per heavy atom. The Bertz CT molecular complexity index is 2640. The third-order valence-corrected chi connectivity index (χ3v) is 7.26. The maximum absolute atomic E-state index is 11.1. The van der Waals surface area contributed by atoms with E-state index in [9.17, 15) is 24.0 Å². The van der Waals surface area contributed by atoms with Crippen LogP contribution in [0.3, 0.4) is 0 Å². The zero-order valence-electron chi connectivity index (χ0n) is 28.6. The Morgan fingerprint density at radius 2 is 0.909 bits per heavy atom. The Hall–Kier alpha value is -8.34. The van der Waals surface area contributed by atoms with Crippen molar-refractivity contribution >= 4 is 28.2 Å². The minimum absolute atomic E-state index is 0.0232. The number of hydrogen-bond donors (Lipinski definition) is 0. The van der Waals surface area contributed by atoms with Crippen molar-refractivity contribution in [3.63, 3.8) is 0 Å². The summed E-state index contributed by atoms with van der Waals surface area (Å²) in [5, 5.41) is 3.82. The van der Waals surface area contributed by atoms with Gasteiger partial charge in [-0.3, -0.25) is 46.6 Å². The van der Waals surface area contributed by atoms with E-state index in [0.29, 0.717) is 22.7 Å². The summed E-state index contributed by atoms with van der Waals surface area (Å²) in [4.78, 5) is 79.1. The molecule has 0 saturated heterocycles. The lowest BCUT2D eigenvalue weighted by Gasteiger charge is -1.95. The third kappa shape index (κ3) is 9.32. The van der Waals surface area contributed by atoms with Gasteiger partial charge in [0.25, 0.3) is 27.8 Å². The number of nitrogens with zero attached hydrogens (tertiary/aromatic N) is 12. The second kappa shape index (κ2) is 17.7. The second-order valence-electron chi connectivity index (χ2n) is 10.8. The molecule has 0 aromatic carbocycles. The fourth-order valence-corrected chi connectivity index (χ4v) is 4.74. The average molecular weight is 733 g/mol. The van der Waals surface area contributed by atoms with Crippen LogP contribution in [0.5, 0.6) is 0 Å². The van der Waals surface area contributed by atoms with E-state index >= 15 is 0 Å². The summed E-state index contributed by atoms with van der Waals surface area (Å²) in [5.41, 5.74) is 2.37. The van der Waals surface area contributed by atoms with Crippen LogP contribution in [0.4, 0.5) is 0 Å². The van der Waals surface area contributed by atoms with Crippen LogP contribution >= 0.6 is 0 Å². The molecular weight excluding hydrogens is 704 g/mol. The fourth-order valence-electron chi connectivity index (χ4n) is 4.74. The molecule has 270 valence electrons. The lowest BCUT2D eigenvalue weighted by Crippen LogP contribution is -2.14. The SMILES string of the molecule is O=c1cccc2cnccn12.O=c1cccc2ncccn12.O=c1ccnc2ccccn12.O=c1ccnc2cccnn12.O=c1ccnc2ncccn12. The normalized spacial score (nSPS) is 10.2. The van der Waals surface area contributed by atoms with Crippen LogP contribution in [0.1, 0.15) is 0 Å². The molecule has 0 N–H and O–H groups in total. The summed E-state index contributed by atoms with van der Waals surface area (Å²) in [5.74, 6) is 0.431. The smallest absolute Gasteiger partial charge is 0.274 e. The molecular formula is C38H28N12O5. The first-order valence-electron chi connectivity index (χ1n) is 16.2. The van der Waals surface area contributed by atoms with Gasteiger partial charge in [0.2, 0.25) is 5.78 Å². The summed E-state index contributed by atoms with van der Waals surface area (Å²) < 4.78 is 7.19. The van der Waals surface area contributed by atoms with Crippen LogP contribution in [-0.2, 0) is 0 Å². The predicted molar refractivity (Wildman–Crippen MR) is 203 cm³/mol. The third-order valence-electron chi connectivity index (χ3n) is 7.26. The largest absolute Gasteiger partial charge is 0.281 e. The van der Waals surface area contributed by atoms with E-state index in [1.807, 2.05) is 12.1 Å². The molecule has 0 unspecified atom stereocenters. The highest BCUT2D eigenvalue weighted by Gasteiger charge is 1.95. The Morgan fingerprint density at radius 1 is 0.364 bits per heavy atom. The fraction of sp³-hybridized carbons (Fsp3) is 0. The van der Waals surface area contributed by atoms with Crippen molar-refractivity contribution in [2.24, 2.45) is 0 Å². The van der Waals surface area contributed by atoms with E-state index in [4.69, 9.17) is 0 Å². The van der Waals surface area contributed by atoms with Gasteiger partial charge < -0.3 is 0 Å². The summed E-state index contributed by atoms with van der Waals surface area (Å²) >= 11 is 0. The van der Waals surface area contributed by atoms with Gasteiger partial charge >= 0.3 is 0 Å². The molecule has 0 bridgehead atoms. The molecule has 10 heterocycles. The van der Waals surface area contributed by atoms with Gasteiger partial charge in [-0.25, -0.2) is 24.9 Å². The first-order valence-corrected chi connectivity index (χ1v) is 16.2. The van der Waals surface area contributed by atoms with E-state index in [0.717, 1.165) is 5.52 Å². The van der Waals surface area contributed by atoms with Crippen LogP contribution in [0.25, 0.3) is 28.2 Å². The lowest BCUT2D eigenvalue weighted by atomic mass is 10.4. The van der Waals surface area contributed by atoms with Gasteiger partial charge in [-0.1, -0.05) is 18.2 Å². The summed E-state index contributed by atoms with van der Waals surface area (Å²) in [6.45, 7) is 0. The number of hydrogen-bond acceptors (Lipinski definition) is 12. The van der Waals surface area contributed by atoms with Gasteiger partial charge in [0, 0.05) is 98.5 Å². The number of fused-ring (bicyclic) bond motifs is 5. The monoisotopic (exact) mass is 732 g/mol.